The fraction of sp³-hybridized carbons (Fsp3) is 0.386. The normalized spacial score (nSPS) is 13.7. The first kappa shape index (κ1) is 62.0. The molecule has 3 aromatic carbocycles. The monoisotopic (exact) mass is 1130 g/mol. The van der Waals surface area contributed by atoms with E-state index in [1.54, 1.807) is 6.07 Å². The van der Waals surface area contributed by atoms with Crippen LogP contribution in [-0.4, -0.2) is 143 Å². The van der Waals surface area contributed by atoms with E-state index in [1.165, 1.54) is 42.7 Å². The van der Waals surface area contributed by atoms with Crippen LogP contribution in [0.15, 0.2) is 125 Å². The summed E-state index contributed by atoms with van der Waals surface area (Å²) >= 11 is 0. The summed E-state index contributed by atoms with van der Waals surface area (Å²) in [6, 6.07) is 29.8. The highest BCUT2D eigenvalue weighted by atomic mass is 32.2. The maximum absolute atomic E-state index is 13.8. The molecule has 2 aromatic heterocycles. The molecule has 24 heteroatoms. The summed E-state index contributed by atoms with van der Waals surface area (Å²) in [6.45, 7) is 7.30. The number of hydrogen-bond donors (Lipinski definition) is 8. The third-order valence-electron chi connectivity index (χ3n) is 12.4. The number of rotatable bonds is 35. The SMILES string of the molecule is CC(C)(CCCCOc1cc(-c2ccccc2)cc(-c2ccccc2)n1)CNC(=O)C(CC(=O)NCCCOCCOCCOCCCNC(=O)CC1NC(=O)NC1=O)NC(=O)c1ccc(N/N=C/c2ccccc2S(=O)(=O)O)nc1. The number of carbonyl (C=O) groups excluding carboxylic acids is 6. The minimum Gasteiger partial charge on any atom is -0.478 e. The van der Waals surface area contributed by atoms with Crippen molar-refractivity contribution in [1.29, 1.82) is 0 Å². The molecule has 7 amide bonds. The predicted octanol–water partition coefficient (Wildman–Crippen LogP) is 5.04. The third kappa shape index (κ3) is 22.1. The van der Waals surface area contributed by atoms with Crippen LogP contribution in [0.25, 0.3) is 22.4 Å². The van der Waals surface area contributed by atoms with E-state index in [0.717, 1.165) is 41.6 Å². The molecule has 0 aliphatic carbocycles. The first-order valence-electron chi connectivity index (χ1n) is 26.6. The molecule has 3 heterocycles. The van der Waals surface area contributed by atoms with Gasteiger partial charge >= 0.3 is 6.03 Å². The summed E-state index contributed by atoms with van der Waals surface area (Å²) in [4.78, 5) is 84.1. The number of nitrogens with zero attached hydrogens (tertiary/aromatic N) is 3. The van der Waals surface area contributed by atoms with Crippen LogP contribution in [0.1, 0.15) is 74.7 Å². The largest absolute Gasteiger partial charge is 0.478 e. The minimum absolute atomic E-state index is 0.0834. The van der Waals surface area contributed by atoms with Crippen molar-refractivity contribution in [2.75, 3.05) is 71.3 Å². The van der Waals surface area contributed by atoms with Gasteiger partial charge in [-0.3, -0.25) is 39.3 Å². The maximum atomic E-state index is 13.8. The van der Waals surface area contributed by atoms with E-state index in [-0.39, 0.29) is 59.1 Å². The van der Waals surface area contributed by atoms with E-state index in [9.17, 15) is 41.7 Å². The molecule has 81 heavy (non-hydrogen) atoms. The summed E-state index contributed by atoms with van der Waals surface area (Å²) in [5.41, 5.74) is 6.32. The standard InChI is InChI=1S/C57H70N10O13S/c1-57(2,23-11-12-28-80-52-34-44(40-15-5-3-6-16-40)33-45(63-52)41-17-7-4-8-18-41)39-61-54(71)46(64-53(70)43-21-22-49(60-37-43)67-62-38-42-19-9-10-20-48(42)81(74,75)76)35-50(68)58-24-13-26-77-29-31-79-32-30-78-27-14-25-59-51(69)36-47-55(72)66-56(73)65-47/h3-10,15-22,33-34,37-38,46-47H,11-14,23-32,35-36,39H2,1-2H3,(H,58,68)(H,59,69)(H,60,67)(H,61,71)(H,64,70)(H,74,75,76)(H2,65,66,72,73)/b62-38+. The van der Waals surface area contributed by atoms with Crippen LogP contribution in [0.5, 0.6) is 5.88 Å². The molecule has 432 valence electrons. The van der Waals surface area contributed by atoms with E-state index in [2.05, 4.69) is 53.5 Å². The van der Waals surface area contributed by atoms with Crippen LogP contribution in [0, 0.1) is 5.41 Å². The first-order chi connectivity index (χ1) is 39.0. The Balaban J connectivity index is 0.924. The molecule has 0 bridgehead atoms. The van der Waals surface area contributed by atoms with Crippen molar-refractivity contribution < 1.29 is 60.7 Å². The van der Waals surface area contributed by atoms with Crippen LogP contribution < -0.4 is 42.1 Å². The Morgan fingerprint density at radius 3 is 2.02 bits per heavy atom. The summed E-state index contributed by atoms with van der Waals surface area (Å²) in [7, 11) is -4.50. The molecule has 1 fully saturated rings. The second-order valence-corrected chi connectivity index (χ2v) is 20.9. The maximum Gasteiger partial charge on any atom is 0.322 e. The molecule has 0 radical (unpaired) electrons. The van der Waals surface area contributed by atoms with Gasteiger partial charge in [0.15, 0.2) is 0 Å². The number of unbranched alkanes of at least 4 members (excludes halogenated alkanes) is 1. The van der Waals surface area contributed by atoms with Crippen LogP contribution in [0.4, 0.5) is 10.6 Å². The van der Waals surface area contributed by atoms with Crippen molar-refractivity contribution in [2.45, 2.75) is 75.8 Å². The van der Waals surface area contributed by atoms with Crippen molar-refractivity contribution in [2.24, 2.45) is 10.5 Å². The smallest absolute Gasteiger partial charge is 0.322 e. The Morgan fingerprint density at radius 2 is 1.38 bits per heavy atom. The number of hydrogen-bond acceptors (Lipinski definition) is 16. The summed E-state index contributed by atoms with van der Waals surface area (Å²) < 4.78 is 55.9. The topological polar surface area (TPSA) is 316 Å². The lowest BCUT2D eigenvalue weighted by atomic mass is 9.87. The number of amides is 7. The van der Waals surface area contributed by atoms with Gasteiger partial charge in [-0.1, -0.05) is 92.7 Å². The van der Waals surface area contributed by atoms with Crippen molar-refractivity contribution in [3.8, 4) is 28.3 Å². The Kier molecular flexibility index (Phi) is 24.7. The summed E-state index contributed by atoms with van der Waals surface area (Å²) in [5.74, 6) is -1.86. The number of benzene rings is 3. The Hall–Kier alpha value is -8.16. The molecule has 1 aliphatic heterocycles. The fourth-order valence-corrected chi connectivity index (χ4v) is 8.72. The van der Waals surface area contributed by atoms with Gasteiger partial charge in [-0.25, -0.2) is 14.8 Å². The molecule has 6 rings (SSSR count). The Labute approximate surface area is 470 Å². The lowest BCUT2D eigenvalue weighted by Crippen LogP contribution is -2.50. The average molecular weight is 1140 g/mol. The van der Waals surface area contributed by atoms with Gasteiger partial charge in [-0.05, 0) is 72.9 Å². The van der Waals surface area contributed by atoms with Gasteiger partial charge in [0.2, 0.25) is 23.6 Å². The van der Waals surface area contributed by atoms with E-state index in [4.69, 9.17) is 23.9 Å². The van der Waals surface area contributed by atoms with E-state index < -0.39 is 51.9 Å². The minimum atomic E-state index is -4.50. The van der Waals surface area contributed by atoms with Crippen LogP contribution >= 0.6 is 0 Å². The van der Waals surface area contributed by atoms with E-state index in [1.807, 2.05) is 80.6 Å². The zero-order valence-electron chi connectivity index (χ0n) is 45.3. The predicted molar refractivity (Wildman–Crippen MR) is 302 cm³/mol. The number of aromatic nitrogens is 2. The molecule has 1 saturated heterocycles. The highest BCUT2D eigenvalue weighted by Crippen LogP contribution is 2.29. The highest BCUT2D eigenvalue weighted by molar-refractivity contribution is 7.86. The van der Waals surface area contributed by atoms with Crippen LogP contribution in [0.2, 0.25) is 0 Å². The molecule has 0 spiro atoms. The zero-order chi connectivity index (χ0) is 57.9. The molecular weight excluding hydrogens is 1060 g/mol. The number of pyridine rings is 2. The number of carbonyl (C=O) groups is 6. The number of ether oxygens (including phenoxy) is 4. The van der Waals surface area contributed by atoms with Crippen molar-refractivity contribution in [1.82, 2.24) is 41.9 Å². The molecule has 2 unspecified atom stereocenters. The fourth-order valence-electron chi connectivity index (χ4n) is 8.05. The second kappa shape index (κ2) is 32.2. The summed E-state index contributed by atoms with van der Waals surface area (Å²) in [6.07, 6.45) is 5.18. The first-order valence-corrected chi connectivity index (χ1v) is 28.0. The van der Waals surface area contributed by atoms with Crippen LogP contribution in [0.3, 0.4) is 0 Å². The number of imide groups is 1. The van der Waals surface area contributed by atoms with E-state index >= 15 is 0 Å². The van der Waals surface area contributed by atoms with Crippen molar-refractivity contribution >= 4 is 57.7 Å². The van der Waals surface area contributed by atoms with Gasteiger partial charge in [0.05, 0.1) is 63.3 Å². The lowest BCUT2D eigenvalue weighted by Gasteiger charge is -2.27. The van der Waals surface area contributed by atoms with Crippen molar-refractivity contribution in [3.63, 3.8) is 0 Å². The molecule has 8 N–H and O–H groups in total. The van der Waals surface area contributed by atoms with Gasteiger partial charge < -0.3 is 45.5 Å². The summed E-state index contributed by atoms with van der Waals surface area (Å²) in [5, 5.41) is 19.6. The third-order valence-corrected chi connectivity index (χ3v) is 13.3. The lowest BCUT2D eigenvalue weighted by molar-refractivity contribution is -0.128. The second-order valence-electron chi connectivity index (χ2n) is 19.5. The van der Waals surface area contributed by atoms with E-state index in [0.29, 0.717) is 71.5 Å². The number of anilines is 1. The molecular formula is C57H70N10O13S. The number of urea groups is 1. The van der Waals surface area contributed by atoms with Crippen LogP contribution in [-0.2, 0) is 43.5 Å². The van der Waals surface area contributed by atoms with Gasteiger partial charge in [-0.15, -0.1) is 0 Å². The zero-order valence-corrected chi connectivity index (χ0v) is 46.1. The quantitative estimate of drug-likeness (QED) is 0.00866. The highest BCUT2D eigenvalue weighted by Gasteiger charge is 2.31. The van der Waals surface area contributed by atoms with Gasteiger partial charge in [0, 0.05) is 56.2 Å². The molecule has 23 nitrogen and oxygen atoms in total. The Morgan fingerprint density at radius 1 is 0.741 bits per heavy atom. The molecule has 2 atom stereocenters. The molecule has 0 saturated carbocycles. The average Bonchev–Trinajstić information content (AvgIpc) is 3.87. The number of nitrogens with one attached hydrogen (secondary N) is 7. The molecule has 1 aliphatic rings. The van der Waals surface area contributed by atoms with Crippen molar-refractivity contribution in [3.05, 3.63) is 127 Å². The van der Waals surface area contributed by atoms with Gasteiger partial charge in [0.25, 0.3) is 21.9 Å². The Bertz CT molecular complexity index is 2950. The number of hydrazone groups is 1. The van der Waals surface area contributed by atoms with Gasteiger partial charge in [-0.2, -0.15) is 13.5 Å². The molecule has 5 aromatic rings. The van der Waals surface area contributed by atoms with Gasteiger partial charge in [0.1, 0.15) is 22.8 Å².